The molecule has 2 aromatic rings. The number of rotatable bonds is 5. The van der Waals surface area contributed by atoms with Crippen molar-refractivity contribution in [1.82, 2.24) is 14.7 Å². The third-order valence-corrected chi connectivity index (χ3v) is 4.76. The number of benzene rings is 1. The fraction of sp³-hybridized carbons (Fsp3) is 0.421. The number of aryl methyl sites for hydroxylation is 1. The molecule has 1 amide bonds. The molecular formula is C19H22FN3O3. The Hall–Kier alpha value is -2.70. The predicted octanol–water partition coefficient (Wildman–Crippen LogP) is 3.18. The van der Waals surface area contributed by atoms with Gasteiger partial charge in [0.15, 0.2) is 5.69 Å². The standard InChI is InChI=1S/C19H22FN3O3/c1-13-12-17(21-23(13)16-7-5-14(20)6-8-16)19(26)22-11-3-2-4-15(22)9-10-18(24)25/h5-8,12,15H,2-4,9-11H2,1H3,(H,24,25). The summed E-state index contributed by atoms with van der Waals surface area (Å²) in [6, 6.07) is 7.58. The molecule has 1 atom stereocenters. The van der Waals surface area contributed by atoms with Gasteiger partial charge in [0, 0.05) is 24.7 Å². The maximum Gasteiger partial charge on any atom is 0.303 e. The second kappa shape index (κ2) is 7.68. The molecule has 1 aliphatic rings. The summed E-state index contributed by atoms with van der Waals surface area (Å²) in [5.74, 6) is -1.35. The van der Waals surface area contributed by atoms with Crippen LogP contribution in [-0.2, 0) is 4.79 Å². The number of halogens is 1. The van der Waals surface area contributed by atoms with Crippen LogP contribution in [0.25, 0.3) is 5.69 Å². The molecule has 138 valence electrons. The lowest BCUT2D eigenvalue weighted by Crippen LogP contribution is -2.44. The number of hydrogen-bond donors (Lipinski definition) is 1. The first kappa shape index (κ1) is 18.1. The number of carboxylic acid groups (broad SMARTS) is 1. The number of nitrogens with zero attached hydrogens (tertiary/aromatic N) is 3. The molecule has 26 heavy (non-hydrogen) atoms. The molecule has 1 aliphatic heterocycles. The monoisotopic (exact) mass is 359 g/mol. The van der Waals surface area contributed by atoms with E-state index in [0.717, 1.165) is 25.0 Å². The van der Waals surface area contributed by atoms with Gasteiger partial charge in [0.05, 0.1) is 5.69 Å². The zero-order valence-corrected chi connectivity index (χ0v) is 14.7. The van der Waals surface area contributed by atoms with Crippen LogP contribution in [0.15, 0.2) is 30.3 Å². The molecule has 6 nitrogen and oxygen atoms in total. The van der Waals surface area contributed by atoms with E-state index >= 15 is 0 Å². The first-order chi connectivity index (χ1) is 12.5. The predicted molar refractivity (Wildman–Crippen MR) is 93.8 cm³/mol. The van der Waals surface area contributed by atoms with Gasteiger partial charge in [0.2, 0.25) is 0 Å². The topological polar surface area (TPSA) is 75.4 Å². The van der Waals surface area contributed by atoms with Crippen molar-refractivity contribution in [3.05, 3.63) is 47.5 Å². The van der Waals surface area contributed by atoms with E-state index in [9.17, 15) is 14.0 Å². The van der Waals surface area contributed by atoms with Gasteiger partial charge in [-0.2, -0.15) is 5.10 Å². The summed E-state index contributed by atoms with van der Waals surface area (Å²) in [6.07, 6.45) is 3.23. The molecule has 0 spiro atoms. The lowest BCUT2D eigenvalue weighted by Gasteiger charge is -2.35. The first-order valence-corrected chi connectivity index (χ1v) is 8.81. The molecule has 7 heteroatoms. The Balaban J connectivity index is 1.81. The first-order valence-electron chi connectivity index (χ1n) is 8.81. The molecule has 0 radical (unpaired) electrons. The summed E-state index contributed by atoms with van der Waals surface area (Å²) in [7, 11) is 0. The summed E-state index contributed by atoms with van der Waals surface area (Å²) in [6.45, 7) is 2.46. The number of amides is 1. The van der Waals surface area contributed by atoms with E-state index in [0.29, 0.717) is 24.3 Å². The lowest BCUT2D eigenvalue weighted by molar-refractivity contribution is -0.137. The van der Waals surface area contributed by atoms with Crippen molar-refractivity contribution >= 4 is 11.9 Å². The van der Waals surface area contributed by atoms with E-state index in [2.05, 4.69) is 5.10 Å². The zero-order valence-electron chi connectivity index (χ0n) is 14.7. The number of hydrogen-bond acceptors (Lipinski definition) is 3. The van der Waals surface area contributed by atoms with Gasteiger partial charge in [-0.1, -0.05) is 0 Å². The smallest absolute Gasteiger partial charge is 0.303 e. The summed E-state index contributed by atoms with van der Waals surface area (Å²) < 4.78 is 14.7. The molecule has 0 saturated carbocycles. The minimum absolute atomic E-state index is 0.0531. The Morgan fingerprint density at radius 1 is 1.27 bits per heavy atom. The van der Waals surface area contributed by atoms with E-state index in [1.165, 1.54) is 12.1 Å². The third-order valence-electron chi connectivity index (χ3n) is 4.76. The Labute approximate surface area is 151 Å². The third kappa shape index (κ3) is 3.92. The Kier molecular flexibility index (Phi) is 5.35. The second-order valence-corrected chi connectivity index (χ2v) is 6.64. The van der Waals surface area contributed by atoms with E-state index in [-0.39, 0.29) is 24.2 Å². The lowest BCUT2D eigenvalue weighted by atomic mass is 9.97. The van der Waals surface area contributed by atoms with Crippen molar-refractivity contribution in [2.24, 2.45) is 0 Å². The van der Waals surface area contributed by atoms with Crippen molar-refractivity contribution in [1.29, 1.82) is 0 Å². The van der Waals surface area contributed by atoms with Gasteiger partial charge >= 0.3 is 5.97 Å². The van der Waals surface area contributed by atoms with E-state index in [1.54, 1.807) is 27.8 Å². The van der Waals surface area contributed by atoms with Gasteiger partial charge in [-0.3, -0.25) is 9.59 Å². The van der Waals surface area contributed by atoms with Crippen LogP contribution in [0.5, 0.6) is 0 Å². The highest BCUT2D eigenvalue weighted by Gasteiger charge is 2.29. The number of aromatic nitrogens is 2. The maximum atomic E-state index is 13.1. The highest BCUT2D eigenvalue weighted by Crippen LogP contribution is 2.23. The molecule has 1 unspecified atom stereocenters. The highest BCUT2D eigenvalue weighted by molar-refractivity contribution is 5.92. The minimum Gasteiger partial charge on any atom is -0.481 e. The molecule has 1 aromatic heterocycles. The van der Waals surface area contributed by atoms with Crippen LogP contribution in [0.1, 0.15) is 48.3 Å². The molecule has 1 N–H and O–H groups in total. The molecule has 1 aromatic carbocycles. The molecular weight excluding hydrogens is 337 g/mol. The number of carbonyl (C=O) groups excluding carboxylic acids is 1. The van der Waals surface area contributed by atoms with Crippen LogP contribution in [-0.4, -0.2) is 44.3 Å². The molecule has 0 aliphatic carbocycles. The Bertz CT molecular complexity index is 801. The molecule has 2 heterocycles. The van der Waals surface area contributed by atoms with E-state index < -0.39 is 5.97 Å². The largest absolute Gasteiger partial charge is 0.481 e. The quantitative estimate of drug-likeness (QED) is 0.890. The van der Waals surface area contributed by atoms with Gasteiger partial charge < -0.3 is 10.0 Å². The Morgan fingerprint density at radius 2 is 2.00 bits per heavy atom. The number of piperidine rings is 1. The van der Waals surface area contributed by atoms with Gasteiger partial charge in [-0.25, -0.2) is 9.07 Å². The number of carboxylic acids is 1. The fourth-order valence-corrected chi connectivity index (χ4v) is 3.43. The maximum absolute atomic E-state index is 13.1. The Morgan fingerprint density at radius 3 is 2.69 bits per heavy atom. The number of likely N-dealkylation sites (tertiary alicyclic amines) is 1. The summed E-state index contributed by atoms with van der Waals surface area (Å²) >= 11 is 0. The highest BCUT2D eigenvalue weighted by atomic mass is 19.1. The van der Waals surface area contributed by atoms with Crippen LogP contribution in [0.2, 0.25) is 0 Å². The summed E-state index contributed by atoms with van der Waals surface area (Å²) in [4.78, 5) is 25.6. The van der Waals surface area contributed by atoms with Crippen LogP contribution in [0.4, 0.5) is 4.39 Å². The number of aliphatic carboxylic acids is 1. The van der Waals surface area contributed by atoms with E-state index in [1.807, 2.05) is 6.92 Å². The molecule has 0 bridgehead atoms. The molecule has 1 fully saturated rings. The van der Waals surface area contributed by atoms with Gasteiger partial charge in [-0.05, 0) is 62.9 Å². The van der Waals surface area contributed by atoms with Crippen LogP contribution >= 0.6 is 0 Å². The second-order valence-electron chi connectivity index (χ2n) is 6.64. The van der Waals surface area contributed by atoms with Crippen molar-refractivity contribution in [3.8, 4) is 5.69 Å². The molecule has 3 rings (SSSR count). The van der Waals surface area contributed by atoms with Gasteiger partial charge in [0.1, 0.15) is 5.82 Å². The average molecular weight is 359 g/mol. The summed E-state index contributed by atoms with van der Waals surface area (Å²) in [5, 5.41) is 13.3. The van der Waals surface area contributed by atoms with Crippen molar-refractivity contribution < 1.29 is 19.1 Å². The van der Waals surface area contributed by atoms with E-state index in [4.69, 9.17) is 5.11 Å². The zero-order chi connectivity index (χ0) is 18.7. The van der Waals surface area contributed by atoms with Crippen LogP contribution in [0.3, 0.4) is 0 Å². The minimum atomic E-state index is -0.848. The SMILES string of the molecule is Cc1cc(C(=O)N2CCCCC2CCC(=O)O)nn1-c1ccc(F)cc1. The van der Waals surface area contributed by atoms with Gasteiger partial charge in [-0.15, -0.1) is 0 Å². The van der Waals surface area contributed by atoms with Crippen LogP contribution in [0, 0.1) is 12.7 Å². The van der Waals surface area contributed by atoms with Crippen LogP contribution < -0.4 is 0 Å². The number of carbonyl (C=O) groups is 2. The van der Waals surface area contributed by atoms with Crippen molar-refractivity contribution in [3.63, 3.8) is 0 Å². The van der Waals surface area contributed by atoms with Crippen molar-refractivity contribution in [2.45, 2.75) is 45.1 Å². The average Bonchev–Trinajstić information content (AvgIpc) is 3.02. The molecule has 1 saturated heterocycles. The normalized spacial score (nSPS) is 17.3. The van der Waals surface area contributed by atoms with Gasteiger partial charge in [0.25, 0.3) is 5.91 Å². The summed E-state index contributed by atoms with van der Waals surface area (Å²) in [5.41, 5.74) is 1.79. The fourth-order valence-electron chi connectivity index (χ4n) is 3.43. The van der Waals surface area contributed by atoms with Crippen molar-refractivity contribution in [2.75, 3.05) is 6.54 Å².